The lowest BCUT2D eigenvalue weighted by atomic mass is 10.2. The van der Waals surface area contributed by atoms with Gasteiger partial charge in [0.1, 0.15) is 0 Å². The predicted molar refractivity (Wildman–Crippen MR) is 111 cm³/mol. The van der Waals surface area contributed by atoms with Gasteiger partial charge < -0.3 is 20.4 Å². The molecular formula is C21H23N5O. The van der Waals surface area contributed by atoms with E-state index in [4.69, 9.17) is 0 Å². The number of likely N-dealkylation sites (N-methyl/N-ethyl adjacent to an activating group) is 1. The quantitative estimate of drug-likeness (QED) is 0.748. The van der Waals surface area contributed by atoms with Crippen molar-refractivity contribution in [3.8, 4) is 0 Å². The number of nitrogens with zero attached hydrogens (tertiary/aromatic N) is 3. The molecule has 2 aromatic carbocycles. The molecule has 0 atom stereocenters. The van der Waals surface area contributed by atoms with Crippen molar-refractivity contribution in [2.45, 2.75) is 0 Å². The summed E-state index contributed by atoms with van der Waals surface area (Å²) in [6.07, 6.45) is 1.72. The van der Waals surface area contributed by atoms with E-state index in [1.807, 2.05) is 42.5 Å². The lowest BCUT2D eigenvalue weighted by Gasteiger charge is -2.34. The number of nitrogens with one attached hydrogen (secondary N) is 2. The summed E-state index contributed by atoms with van der Waals surface area (Å²) in [4.78, 5) is 21.4. The molecule has 2 amide bonds. The average Bonchev–Trinajstić information content (AvgIpc) is 2.69. The smallest absolute Gasteiger partial charge is 0.323 e. The second-order valence-electron chi connectivity index (χ2n) is 6.80. The van der Waals surface area contributed by atoms with E-state index in [1.54, 1.807) is 6.20 Å². The molecule has 4 rings (SSSR count). The predicted octanol–water partition coefficient (Wildman–Crippen LogP) is 3.63. The van der Waals surface area contributed by atoms with Gasteiger partial charge in [0.25, 0.3) is 0 Å². The Bertz CT molecular complexity index is 927. The van der Waals surface area contributed by atoms with Crippen LogP contribution in [-0.2, 0) is 0 Å². The van der Waals surface area contributed by atoms with E-state index in [2.05, 4.69) is 44.6 Å². The van der Waals surface area contributed by atoms with Crippen LogP contribution in [0.2, 0.25) is 0 Å². The van der Waals surface area contributed by atoms with Crippen LogP contribution in [-0.4, -0.2) is 49.1 Å². The molecule has 1 aliphatic heterocycles. The number of hydrogen-bond donors (Lipinski definition) is 2. The van der Waals surface area contributed by atoms with E-state index in [0.717, 1.165) is 42.8 Å². The zero-order valence-electron chi connectivity index (χ0n) is 15.4. The summed E-state index contributed by atoms with van der Waals surface area (Å²) in [5.41, 5.74) is 3.42. The number of anilines is 3. The number of para-hydroxylation sites is 1. The van der Waals surface area contributed by atoms with Crippen LogP contribution in [0.5, 0.6) is 0 Å². The molecular weight excluding hydrogens is 338 g/mol. The van der Waals surface area contributed by atoms with Gasteiger partial charge in [0.05, 0.1) is 11.2 Å². The summed E-state index contributed by atoms with van der Waals surface area (Å²) in [6.45, 7) is 4.19. The minimum atomic E-state index is -0.277. The van der Waals surface area contributed by atoms with Crippen molar-refractivity contribution < 1.29 is 4.79 Å². The fraction of sp³-hybridized carbons (Fsp3) is 0.238. The third-order valence-electron chi connectivity index (χ3n) is 4.87. The molecule has 0 bridgehead atoms. The Morgan fingerprint density at radius 3 is 2.44 bits per heavy atom. The number of amides is 2. The molecule has 0 radical (unpaired) electrons. The Morgan fingerprint density at radius 1 is 0.926 bits per heavy atom. The van der Waals surface area contributed by atoms with Gasteiger partial charge >= 0.3 is 6.03 Å². The Labute approximate surface area is 158 Å². The van der Waals surface area contributed by atoms with Crippen LogP contribution in [0.15, 0.2) is 60.8 Å². The monoisotopic (exact) mass is 361 g/mol. The molecule has 1 fully saturated rings. The Kier molecular flexibility index (Phi) is 4.89. The van der Waals surface area contributed by atoms with Crippen molar-refractivity contribution >= 4 is 34.0 Å². The first-order chi connectivity index (χ1) is 13.2. The zero-order valence-corrected chi connectivity index (χ0v) is 15.4. The fourth-order valence-corrected chi connectivity index (χ4v) is 3.31. The molecule has 3 aromatic rings. The third kappa shape index (κ3) is 4.01. The highest BCUT2D eigenvalue weighted by Crippen LogP contribution is 2.22. The fourth-order valence-electron chi connectivity index (χ4n) is 3.31. The Balaban J connectivity index is 1.41. The second kappa shape index (κ2) is 7.63. The Morgan fingerprint density at radius 2 is 1.67 bits per heavy atom. The van der Waals surface area contributed by atoms with Gasteiger partial charge in [-0.25, -0.2) is 4.79 Å². The zero-order chi connectivity index (χ0) is 18.6. The van der Waals surface area contributed by atoms with E-state index in [0.29, 0.717) is 5.69 Å². The maximum Gasteiger partial charge on any atom is 0.323 e. The molecule has 0 spiro atoms. The van der Waals surface area contributed by atoms with Gasteiger partial charge in [0.15, 0.2) is 0 Å². The van der Waals surface area contributed by atoms with Crippen molar-refractivity contribution in [1.29, 1.82) is 0 Å². The van der Waals surface area contributed by atoms with Crippen LogP contribution in [0, 0.1) is 0 Å². The summed E-state index contributed by atoms with van der Waals surface area (Å²) >= 11 is 0. The molecule has 1 aromatic heterocycles. The molecule has 1 aliphatic rings. The molecule has 0 aliphatic carbocycles. The van der Waals surface area contributed by atoms with Gasteiger partial charge in [-0.05, 0) is 43.4 Å². The minimum Gasteiger partial charge on any atom is -0.369 e. The normalized spacial score (nSPS) is 14.9. The molecule has 2 heterocycles. The molecule has 27 heavy (non-hydrogen) atoms. The lowest BCUT2D eigenvalue weighted by Crippen LogP contribution is -2.44. The van der Waals surface area contributed by atoms with Crippen LogP contribution in [0.25, 0.3) is 10.9 Å². The molecule has 1 saturated heterocycles. The van der Waals surface area contributed by atoms with Crippen LogP contribution in [0.1, 0.15) is 0 Å². The number of rotatable bonds is 3. The number of benzene rings is 2. The first kappa shape index (κ1) is 17.3. The van der Waals surface area contributed by atoms with Crippen molar-refractivity contribution in [2.75, 3.05) is 48.8 Å². The molecule has 2 N–H and O–H groups in total. The van der Waals surface area contributed by atoms with Crippen molar-refractivity contribution in [3.05, 3.63) is 60.8 Å². The number of hydrogen-bond acceptors (Lipinski definition) is 4. The van der Waals surface area contributed by atoms with Gasteiger partial charge in [-0.3, -0.25) is 4.98 Å². The van der Waals surface area contributed by atoms with Crippen LogP contribution < -0.4 is 15.5 Å². The van der Waals surface area contributed by atoms with Crippen LogP contribution in [0.4, 0.5) is 21.9 Å². The highest BCUT2D eigenvalue weighted by molar-refractivity contribution is 6.05. The number of pyridine rings is 1. The van der Waals surface area contributed by atoms with E-state index >= 15 is 0 Å². The first-order valence-electron chi connectivity index (χ1n) is 9.14. The van der Waals surface area contributed by atoms with Crippen molar-refractivity contribution in [3.63, 3.8) is 0 Å². The van der Waals surface area contributed by atoms with Gasteiger partial charge in [0, 0.05) is 49.1 Å². The number of carbonyl (C=O) groups is 1. The summed E-state index contributed by atoms with van der Waals surface area (Å²) < 4.78 is 0. The van der Waals surface area contributed by atoms with Gasteiger partial charge in [0.2, 0.25) is 0 Å². The second-order valence-corrected chi connectivity index (χ2v) is 6.80. The molecule has 0 saturated carbocycles. The highest BCUT2D eigenvalue weighted by Gasteiger charge is 2.14. The minimum absolute atomic E-state index is 0.277. The summed E-state index contributed by atoms with van der Waals surface area (Å²) in [6, 6.07) is 17.3. The summed E-state index contributed by atoms with van der Waals surface area (Å²) in [5.74, 6) is 0. The van der Waals surface area contributed by atoms with Crippen LogP contribution in [0.3, 0.4) is 0 Å². The topological polar surface area (TPSA) is 60.5 Å². The van der Waals surface area contributed by atoms with E-state index in [1.165, 1.54) is 5.69 Å². The SMILES string of the molecule is CN1CCN(c2ccc(NC(=O)Nc3cccc4cccnc34)cc2)CC1. The third-order valence-corrected chi connectivity index (χ3v) is 4.87. The van der Waals surface area contributed by atoms with Gasteiger partial charge in [-0.1, -0.05) is 18.2 Å². The van der Waals surface area contributed by atoms with Crippen molar-refractivity contribution in [1.82, 2.24) is 9.88 Å². The summed E-state index contributed by atoms with van der Waals surface area (Å²) in [7, 11) is 2.15. The number of carbonyl (C=O) groups excluding carboxylic acids is 1. The number of aromatic nitrogens is 1. The molecule has 138 valence electrons. The standard InChI is InChI=1S/C21H23N5O/c1-25-12-14-26(15-13-25)18-9-7-17(8-10-18)23-21(27)24-19-6-2-4-16-5-3-11-22-20(16)19/h2-11H,12-15H2,1H3,(H2,23,24,27). The maximum atomic E-state index is 12.4. The number of fused-ring (bicyclic) bond motifs is 1. The van der Waals surface area contributed by atoms with E-state index in [9.17, 15) is 4.79 Å². The highest BCUT2D eigenvalue weighted by atomic mass is 16.2. The van der Waals surface area contributed by atoms with Crippen molar-refractivity contribution in [2.24, 2.45) is 0 Å². The largest absolute Gasteiger partial charge is 0.369 e. The Hall–Kier alpha value is -3.12. The molecule has 6 heteroatoms. The maximum absolute atomic E-state index is 12.4. The first-order valence-corrected chi connectivity index (χ1v) is 9.14. The van der Waals surface area contributed by atoms with Gasteiger partial charge in [-0.2, -0.15) is 0 Å². The average molecular weight is 361 g/mol. The summed E-state index contributed by atoms with van der Waals surface area (Å²) in [5, 5.41) is 6.77. The van der Waals surface area contributed by atoms with Gasteiger partial charge in [-0.15, -0.1) is 0 Å². The number of piperazine rings is 1. The van der Waals surface area contributed by atoms with E-state index < -0.39 is 0 Å². The lowest BCUT2D eigenvalue weighted by molar-refractivity contribution is 0.262. The number of urea groups is 1. The molecule has 6 nitrogen and oxygen atoms in total. The van der Waals surface area contributed by atoms with E-state index in [-0.39, 0.29) is 6.03 Å². The molecule has 0 unspecified atom stereocenters. The van der Waals surface area contributed by atoms with Crippen LogP contribution >= 0.6 is 0 Å².